The summed E-state index contributed by atoms with van der Waals surface area (Å²) >= 11 is 0. The lowest BCUT2D eigenvalue weighted by Crippen LogP contribution is -2.32. The van der Waals surface area contributed by atoms with Gasteiger partial charge in [-0.15, -0.1) is 0 Å². The molecule has 4 atom stereocenters. The Bertz CT molecular complexity index is 1410. The van der Waals surface area contributed by atoms with Gasteiger partial charge in [-0.1, -0.05) is 39.8 Å². The van der Waals surface area contributed by atoms with Gasteiger partial charge in [0, 0.05) is 63.8 Å². The fraction of sp³-hybridized carbons (Fsp3) is 0.647. The van der Waals surface area contributed by atoms with Gasteiger partial charge in [-0.2, -0.15) is 0 Å². The van der Waals surface area contributed by atoms with Crippen LogP contribution in [0.15, 0.2) is 46.2 Å². The van der Waals surface area contributed by atoms with Crippen LogP contribution in [0.4, 0.5) is 8.78 Å². The van der Waals surface area contributed by atoms with Crippen LogP contribution in [0.2, 0.25) is 0 Å². The van der Waals surface area contributed by atoms with Gasteiger partial charge < -0.3 is 19.0 Å². The standard InChI is InChI=1S/C18H27FN2O3.C16H23FN2O3/c1-4-24-18(23)16(9-13(2)3)21-11-14(5-6-17(21)22)10-20-8-7-15(19)12-20;1-11(2)7-14(16(21)22)19-9-12(3-4-15(19)20)8-18-6-5-13(17)10-18/h5-6,11,13,15-16H,4,7-10,12H2,1-3H3;3-4,9,11,13-14H,5-8,10H2,1-2H3,(H,21,22)/t15-,16?;13-,14?/m11/s1. The van der Waals surface area contributed by atoms with E-state index < -0.39 is 30.4 Å². The molecule has 0 amide bonds. The van der Waals surface area contributed by atoms with Crippen LogP contribution in [-0.4, -0.2) is 81.1 Å². The minimum absolute atomic E-state index is 0.169. The van der Waals surface area contributed by atoms with Crippen LogP contribution in [0.25, 0.3) is 0 Å². The SMILES string of the molecule is CC(C)CC(C(=O)O)n1cc(CN2CC[C@@H](F)C2)ccc1=O.CCOC(=O)C(CC(C)C)n1cc(CN2CC[C@@H](F)C2)ccc1=O. The average molecular weight is 649 g/mol. The summed E-state index contributed by atoms with van der Waals surface area (Å²) in [4.78, 5) is 52.0. The molecule has 2 aromatic heterocycles. The van der Waals surface area contributed by atoms with Crippen LogP contribution < -0.4 is 11.1 Å². The normalized spacial score (nSPS) is 20.0. The molecule has 2 aliphatic rings. The van der Waals surface area contributed by atoms with Gasteiger partial charge in [-0.3, -0.25) is 19.4 Å². The minimum atomic E-state index is -1.00. The lowest BCUT2D eigenvalue weighted by Gasteiger charge is -2.22. The molecule has 0 aromatic carbocycles. The fourth-order valence-electron chi connectivity index (χ4n) is 5.94. The molecule has 2 unspecified atom stereocenters. The van der Waals surface area contributed by atoms with Crippen LogP contribution in [-0.2, 0) is 27.4 Å². The van der Waals surface area contributed by atoms with E-state index in [1.807, 2.05) is 37.5 Å². The highest BCUT2D eigenvalue weighted by Gasteiger charge is 2.26. The topological polar surface area (TPSA) is 114 Å². The second kappa shape index (κ2) is 17.5. The number of carbonyl (C=O) groups is 2. The van der Waals surface area contributed by atoms with Crippen molar-refractivity contribution >= 4 is 11.9 Å². The molecule has 2 aromatic rings. The average Bonchev–Trinajstić information content (AvgIpc) is 3.59. The van der Waals surface area contributed by atoms with Crippen molar-refractivity contribution in [1.82, 2.24) is 18.9 Å². The summed E-state index contributed by atoms with van der Waals surface area (Å²) in [5.74, 6) is -0.961. The molecule has 0 bridgehead atoms. The lowest BCUT2D eigenvalue weighted by molar-refractivity contribution is -0.147. The number of alkyl halides is 2. The number of carbonyl (C=O) groups excluding carboxylic acids is 1. The first-order valence-corrected chi connectivity index (χ1v) is 16.3. The summed E-state index contributed by atoms with van der Waals surface area (Å²) in [6.07, 6.45) is 3.78. The number of hydrogen-bond acceptors (Lipinski definition) is 7. The number of esters is 1. The number of aromatic nitrogens is 2. The van der Waals surface area contributed by atoms with E-state index >= 15 is 0 Å². The number of nitrogens with zero attached hydrogens (tertiary/aromatic N) is 4. The van der Waals surface area contributed by atoms with Crippen molar-refractivity contribution in [3.63, 3.8) is 0 Å². The number of pyridine rings is 2. The van der Waals surface area contributed by atoms with E-state index in [9.17, 15) is 33.1 Å². The smallest absolute Gasteiger partial charge is 0.329 e. The van der Waals surface area contributed by atoms with E-state index in [-0.39, 0.29) is 35.5 Å². The second-order valence-electron chi connectivity index (χ2n) is 13.2. The van der Waals surface area contributed by atoms with E-state index in [0.717, 1.165) is 11.1 Å². The molecule has 0 radical (unpaired) electrons. The van der Waals surface area contributed by atoms with Gasteiger partial charge in [0.15, 0.2) is 0 Å². The third-order valence-electron chi connectivity index (χ3n) is 8.15. The Kier molecular flexibility index (Phi) is 14.1. The fourth-order valence-corrected chi connectivity index (χ4v) is 5.94. The summed E-state index contributed by atoms with van der Waals surface area (Å²) < 4.78 is 34.5. The Hall–Kier alpha value is -3.38. The molecule has 4 rings (SSSR count). The maximum atomic E-state index is 13.3. The van der Waals surface area contributed by atoms with Crippen LogP contribution in [0.1, 0.15) is 83.5 Å². The van der Waals surface area contributed by atoms with Crippen LogP contribution in [0.5, 0.6) is 0 Å². The lowest BCUT2D eigenvalue weighted by atomic mass is 10.0. The number of ether oxygens (including phenoxy) is 1. The van der Waals surface area contributed by atoms with Gasteiger partial charge in [0.25, 0.3) is 11.1 Å². The summed E-state index contributed by atoms with van der Waals surface area (Å²) in [5.41, 5.74) is 1.20. The Labute approximate surface area is 270 Å². The zero-order valence-corrected chi connectivity index (χ0v) is 27.7. The molecule has 256 valence electrons. The van der Waals surface area contributed by atoms with Gasteiger partial charge in [-0.05, 0) is 55.6 Å². The summed E-state index contributed by atoms with van der Waals surface area (Å²) in [7, 11) is 0. The number of rotatable bonds is 13. The minimum Gasteiger partial charge on any atom is -0.480 e. The number of carboxylic acids is 1. The van der Waals surface area contributed by atoms with Crippen molar-refractivity contribution < 1.29 is 28.2 Å². The van der Waals surface area contributed by atoms with Crippen molar-refractivity contribution in [3.8, 4) is 0 Å². The number of halogens is 2. The molecule has 0 spiro atoms. The summed E-state index contributed by atoms with van der Waals surface area (Å²) in [6.45, 7) is 13.2. The molecule has 10 nitrogen and oxygen atoms in total. The molecule has 46 heavy (non-hydrogen) atoms. The largest absolute Gasteiger partial charge is 0.480 e. The second-order valence-corrected chi connectivity index (χ2v) is 13.2. The highest BCUT2D eigenvalue weighted by molar-refractivity contribution is 5.74. The molecule has 4 heterocycles. The van der Waals surface area contributed by atoms with E-state index in [1.165, 1.54) is 21.3 Å². The predicted molar refractivity (Wildman–Crippen MR) is 172 cm³/mol. The molecule has 2 aliphatic heterocycles. The Morgan fingerprint density at radius 3 is 1.61 bits per heavy atom. The number of hydrogen-bond donors (Lipinski definition) is 1. The van der Waals surface area contributed by atoms with Gasteiger partial charge in [0.1, 0.15) is 24.4 Å². The highest BCUT2D eigenvalue weighted by atomic mass is 19.1. The van der Waals surface area contributed by atoms with Gasteiger partial charge in [0.2, 0.25) is 0 Å². The van der Waals surface area contributed by atoms with Crippen molar-refractivity contribution in [2.45, 2.75) is 97.8 Å². The Morgan fingerprint density at radius 2 is 1.24 bits per heavy atom. The van der Waals surface area contributed by atoms with E-state index in [1.54, 1.807) is 31.5 Å². The van der Waals surface area contributed by atoms with Gasteiger partial charge in [0.05, 0.1) is 6.61 Å². The maximum absolute atomic E-state index is 13.3. The monoisotopic (exact) mass is 648 g/mol. The molecular weight excluding hydrogens is 598 g/mol. The molecule has 0 saturated carbocycles. The molecule has 2 saturated heterocycles. The first-order chi connectivity index (χ1) is 21.8. The molecule has 2 fully saturated rings. The van der Waals surface area contributed by atoms with Crippen LogP contribution >= 0.6 is 0 Å². The van der Waals surface area contributed by atoms with Crippen molar-refractivity contribution in [1.29, 1.82) is 0 Å². The molecule has 1 N–H and O–H groups in total. The van der Waals surface area contributed by atoms with Crippen LogP contribution in [0.3, 0.4) is 0 Å². The zero-order valence-electron chi connectivity index (χ0n) is 27.7. The Morgan fingerprint density at radius 1 is 0.804 bits per heavy atom. The molecule has 12 heteroatoms. The van der Waals surface area contributed by atoms with Crippen LogP contribution in [0, 0.1) is 11.8 Å². The molecule has 0 aliphatic carbocycles. The van der Waals surface area contributed by atoms with Crippen molar-refractivity contribution in [3.05, 3.63) is 68.5 Å². The number of likely N-dealkylation sites (tertiary alicyclic amines) is 2. The number of carboxylic acid groups (broad SMARTS) is 1. The summed E-state index contributed by atoms with van der Waals surface area (Å²) in [6, 6.07) is 4.84. The van der Waals surface area contributed by atoms with E-state index in [4.69, 9.17) is 4.74 Å². The van der Waals surface area contributed by atoms with E-state index in [2.05, 4.69) is 0 Å². The quantitative estimate of drug-likeness (QED) is 0.314. The third-order valence-corrected chi connectivity index (χ3v) is 8.15. The van der Waals surface area contributed by atoms with Crippen molar-refractivity contribution in [2.75, 3.05) is 32.8 Å². The van der Waals surface area contributed by atoms with Gasteiger partial charge >= 0.3 is 11.9 Å². The summed E-state index contributed by atoms with van der Waals surface area (Å²) in [5, 5.41) is 9.39. The maximum Gasteiger partial charge on any atom is 0.329 e. The highest BCUT2D eigenvalue weighted by Crippen LogP contribution is 2.21. The first-order valence-electron chi connectivity index (χ1n) is 16.3. The molecular formula is C34H50F2N4O6. The predicted octanol–water partition coefficient (Wildman–Crippen LogP) is 4.61. The number of aliphatic carboxylic acids is 1. The first kappa shape index (κ1) is 37.1. The zero-order chi connectivity index (χ0) is 34.0. The van der Waals surface area contributed by atoms with Gasteiger partial charge in [-0.25, -0.2) is 18.4 Å². The van der Waals surface area contributed by atoms with E-state index in [0.29, 0.717) is 65.0 Å². The third kappa shape index (κ3) is 11.2. The van der Waals surface area contributed by atoms with Crippen molar-refractivity contribution in [2.24, 2.45) is 11.8 Å². The Balaban J connectivity index is 0.000000251.